The molecule has 0 fully saturated rings. The molecule has 112 valence electrons. The van der Waals surface area contributed by atoms with Gasteiger partial charge in [0.15, 0.2) is 0 Å². The maximum absolute atomic E-state index is 12.7. The molecule has 0 saturated heterocycles. The topological polar surface area (TPSA) is 50.4 Å². The van der Waals surface area contributed by atoms with Crippen molar-refractivity contribution in [1.82, 2.24) is 5.32 Å². The Morgan fingerprint density at radius 3 is 2.45 bits per heavy atom. The Kier molecular flexibility index (Phi) is 5.38. The van der Waals surface area contributed by atoms with E-state index < -0.39 is 0 Å². The zero-order chi connectivity index (χ0) is 15.8. The molecule has 0 atom stereocenters. The molecule has 2 N–H and O–H groups in total. The first kappa shape index (κ1) is 15.4. The minimum Gasteiger partial charge on any atom is -0.497 e. The van der Waals surface area contributed by atoms with Gasteiger partial charge in [-0.2, -0.15) is 0 Å². The highest BCUT2D eigenvalue weighted by Gasteiger charge is 1.99. The molecule has 0 saturated carbocycles. The molecule has 0 spiro atoms. The van der Waals surface area contributed by atoms with Crippen LogP contribution in [0.4, 0.5) is 14.9 Å². The number of anilines is 1. The molecule has 2 amide bonds. The quantitative estimate of drug-likeness (QED) is 0.856. The Labute approximate surface area is 128 Å². The van der Waals surface area contributed by atoms with Crippen molar-refractivity contribution in [3.05, 3.63) is 59.9 Å². The van der Waals surface area contributed by atoms with Crippen LogP contribution in [0.2, 0.25) is 0 Å². The Balaban J connectivity index is 1.79. The average molecular weight is 298 g/mol. The van der Waals surface area contributed by atoms with Gasteiger partial charge in [-0.1, -0.05) is 11.8 Å². The largest absolute Gasteiger partial charge is 0.497 e. The molecule has 2 aromatic carbocycles. The highest BCUT2D eigenvalue weighted by Crippen LogP contribution is 2.14. The normalized spacial score (nSPS) is 9.36. The van der Waals surface area contributed by atoms with Crippen LogP contribution in [0.3, 0.4) is 0 Å². The summed E-state index contributed by atoms with van der Waals surface area (Å²) in [4.78, 5) is 11.7. The predicted molar refractivity (Wildman–Crippen MR) is 83.3 cm³/mol. The lowest BCUT2D eigenvalue weighted by molar-refractivity contribution is 0.253. The van der Waals surface area contributed by atoms with Gasteiger partial charge in [-0.15, -0.1) is 0 Å². The van der Waals surface area contributed by atoms with E-state index in [9.17, 15) is 9.18 Å². The fourth-order valence-corrected chi connectivity index (χ4v) is 1.65. The van der Waals surface area contributed by atoms with E-state index in [1.165, 1.54) is 12.1 Å². The number of hydrogen-bond donors (Lipinski definition) is 2. The van der Waals surface area contributed by atoms with E-state index in [-0.39, 0.29) is 18.4 Å². The first-order valence-electron chi connectivity index (χ1n) is 6.61. The van der Waals surface area contributed by atoms with Crippen LogP contribution in [-0.4, -0.2) is 19.7 Å². The first-order chi connectivity index (χ1) is 10.7. The highest BCUT2D eigenvalue weighted by molar-refractivity contribution is 5.89. The van der Waals surface area contributed by atoms with Crippen LogP contribution in [-0.2, 0) is 0 Å². The zero-order valence-corrected chi connectivity index (χ0v) is 12.0. The van der Waals surface area contributed by atoms with Crippen LogP contribution in [0.15, 0.2) is 48.5 Å². The number of amides is 2. The number of hydrogen-bond acceptors (Lipinski definition) is 2. The minimum atomic E-state index is -0.349. The molecule has 4 nitrogen and oxygen atoms in total. The third kappa shape index (κ3) is 4.84. The molecule has 0 heterocycles. The van der Waals surface area contributed by atoms with E-state index >= 15 is 0 Å². The van der Waals surface area contributed by atoms with Gasteiger partial charge in [0.2, 0.25) is 0 Å². The van der Waals surface area contributed by atoms with Crippen molar-refractivity contribution in [2.24, 2.45) is 0 Å². The van der Waals surface area contributed by atoms with Crippen LogP contribution in [0.1, 0.15) is 5.56 Å². The van der Waals surface area contributed by atoms with Gasteiger partial charge in [0.1, 0.15) is 11.6 Å². The number of urea groups is 1. The molecule has 0 aliphatic carbocycles. The van der Waals surface area contributed by atoms with Gasteiger partial charge in [-0.05, 0) is 48.5 Å². The summed E-state index contributed by atoms with van der Waals surface area (Å²) in [5.74, 6) is 6.04. The lowest BCUT2D eigenvalue weighted by atomic mass is 10.2. The molecule has 2 aromatic rings. The predicted octanol–water partition coefficient (Wildman–Crippen LogP) is 3.01. The number of halogens is 1. The number of nitrogens with one attached hydrogen (secondary N) is 2. The molecule has 5 heteroatoms. The third-order valence-electron chi connectivity index (χ3n) is 2.76. The van der Waals surface area contributed by atoms with Gasteiger partial charge in [0.25, 0.3) is 0 Å². The van der Waals surface area contributed by atoms with E-state index in [2.05, 4.69) is 22.5 Å². The molecular weight excluding hydrogens is 283 g/mol. The summed E-state index contributed by atoms with van der Waals surface area (Å²) >= 11 is 0. The number of carbonyl (C=O) groups is 1. The number of ether oxygens (including phenoxy) is 1. The molecule has 0 unspecified atom stereocenters. The Hall–Kier alpha value is -3.00. The van der Waals surface area contributed by atoms with Crippen LogP contribution >= 0.6 is 0 Å². The summed E-state index contributed by atoms with van der Waals surface area (Å²) in [5, 5.41) is 5.29. The summed E-state index contributed by atoms with van der Waals surface area (Å²) < 4.78 is 17.7. The van der Waals surface area contributed by atoms with Gasteiger partial charge < -0.3 is 15.4 Å². The van der Waals surface area contributed by atoms with Crippen LogP contribution in [0.25, 0.3) is 0 Å². The second-order valence-electron chi connectivity index (χ2n) is 4.34. The SMILES string of the molecule is COc1ccc(NC(=O)NCC#Cc2ccc(F)cc2)cc1. The van der Waals surface area contributed by atoms with Crippen molar-refractivity contribution in [2.75, 3.05) is 19.0 Å². The number of rotatable bonds is 3. The highest BCUT2D eigenvalue weighted by atomic mass is 19.1. The summed E-state index contributed by atoms with van der Waals surface area (Å²) in [5.41, 5.74) is 1.35. The number of benzene rings is 2. The van der Waals surface area contributed by atoms with Gasteiger partial charge in [0, 0.05) is 11.3 Å². The first-order valence-corrected chi connectivity index (χ1v) is 6.61. The molecule has 0 bridgehead atoms. The molecule has 2 rings (SSSR count). The van der Waals surface area contributed by atoms with Crippen molar-refractivity contribution < 1.29 is 13.9 Å². The Morgan fingerprint density at radius 1 is 1.14 bits per heavy atom. The van der Waals surface area contributed by atoms with Gasteiger partial charge in [-0.25, -0.2) is 9.18 Å². The van der Waals surface area contributed by atoms with Crippen molar-refractivity contribution in [3.63, 3.8) is 0 Å². The van der Waals surface area contributed by atoms with E-state index in [0.717, 1.165) is 5.75 Å². The smallest absolute Gasteiger partial charge is 0.319 e. The maximum atomic E-state index is 12.7. The lowest BCUT2D eigenvalue weighted by Gasteiger charge is -2.06. The number of carbonyl (C=O) groups excluding carboxylic acids is 1. The van der Waals surface area contributed by atoms with E-state index in [0.29, 0.717) is 11.3 Å². The van der Waals surface area contributed by atoms with Crippen molar-refractivity contribution in [1.29, 1.82) is 0 Å². The average Bonchev–Trinajstić information content (AvgIpc) is 2.54. The molecule has 0 aliphatic rings. The van der Waals surface area contributed by atoms with Crippen LogP contribution < -0.4 is 15.4 Å². The molecule has 22 heavy (non-hydrogen) atoms. The van der Waals surface area contributed by atoms with E-state index in [1.54, 1.807) is 43.5 Å². The van der Waals surface area contributed by atoms with Crippen molar-refractivity contribution in [2.45, 2.75) is 0 Å². The summed E-state index contributed by atoms with van der Waals surface area (Å²) in [6.07, 6.45) is 0. The monoisotopic (exact) mass is 298 g/mol. The van der Waals surface area contributed by atoms with Gasteiger partial charge in [0.05, 0.1) is 13.7 Å². The molecule has 0 radical (unpaired) electrons. The van der Waals surface area contributed by atoms with E-state index in [1.807, 2.05) is 0 Å². The molecule has 0 aliphatic heterocycles. The fourth-order valence-electron chi connectivity index (χ4n) is 1.65. The third-order valence-corrected chi connectivity index (χ3v) is 2.76. The van der Waals surface area contributed by atoms with Crippen LogP contribution in [0.5, 0.6) is 5.75 Å². The zero-order valence-electron chi connectivity index (χ0n) is 12.0. The molecule has 0 aromatic heterocycles. The second kappa shape index (κ2) is 7.70. The van der Waals surface area contributed by atoms with Gasteiger partial charge >= 0.3 is 6.03 Å². The van der Waals surface area contributed by atoms with E-state index in [4.69, 9.17) is 4.74 Å². The summed E-state index contributed by atoms with van der Waals surface area (Å²) in [6.45, 7) is 0.194. The second-order valence-corrected chi connectivity index (χ2v) is 4.34. The Bertz CT molecular complexity index is 685. The maximum Gasteiger partial charge on any atom is 0.319 e. The minimum absolute atomic E-state index is 0.194. The van der Waals surface area contributed by atoms with Gasteiger partial charge in [-0.3, -0.25) is 0 Å². The fraction of sp³-hybridized carbons (Fsp3) is 0.118. The summed E-state index contributed by atoms with van der Waals surface area (Å²) in [6, 6.07) is 12.5. The van der Waals surface area contributed by atoms with Crippen LogP contribution in [0, 0.1) is 17.7 Å². The Morgan fingerprint density at radius 2 is 1.82 bits per heavy atom. The number of methoxy groups -OCH3 is 1. The van der Waals surface area contributed by atoms with Crippen molar-refractivity contribution in [3.8, 4) is 17.6 Å². The standard InChI is InChI=1S/C17H15FN2O2/c1-22-16-10-8-15(9-11-16)20-17(21)19-12-2-3-13-4-6-14(18)7-5-13/h4-11H,12H2,1H3,(H2,19,20,21). The molecular formula is C17H15FN2O2. The van der Waals surface area contributed by atoms with Crippen molar-refractivity contribution >= 4 is 11.7 Å². The summed E-state index contributed by atoms with van der Waals surface area (Å²) in [7, 11) is 1.58. The lowest BCUT2D eigenvalue weighted by Crippen LogP contribution is -2.28.